The van der Waals surface area contributed by atoms with Crippen molar-refractivity contribution in [3.63, 3.8) is 0 Å². The van der Waals surface area contributed by atoms with Crippen LogP contribution >= 0.6 is 0 Å². The molecule has 0 aliphatic heterocycles. The molecule has 0 saturated heterocycles. The van der Waals surface area contributed by atoms with E-state index in [0.29, 0.717) is 5.54 Å². The van der Waals surface area contributed by atoms with Gasteiger partial charge in [-0.15, -0.1) is 0 Å². The number of rotatable bonds is 5. The normalized spacial score (nSPS) is 23.0. The molecular weight excluding hydrogens is 204 g/mol. The summed E-state index contributed by atoms with van der Waals surface area (Å²) in [4.78, 5) is 0. The van der Waals surface area contributed by atoms with Crippen molar-refractivity contribution in [3.8, 4) is 0 Å². The Labute approximate surface area is 95.6 Å². The zero-order valence-electron chi connectivity index (χ0n) is 10.7. The van der Waals surface area contributed by atoms with Crippen molar-refractivity contribution in [3.05, 3.63) is 0 Å². The summed E-state index contributed by atoms with van der Waals surface area (Å²) in [5.74, 6) is 0.791. The maximum atomic E-state index is 6.10. The van der Waals surface area contributed by atoms with Gasteiger partial charge in [0.2, 0.25) is 0 Å². The predicted octanol–water partition coefficient (Wildman–Crippen LogP) is 3.71. The third kappa shape index (κ3) is 3.89. The zero-order chi connectivity index (χ0) is 11.3. The molecule has 0 bridgehead atoms. The van der Waals surface area contributed by atoms with E-state index < -0.39 is 8.56 Å². The molecular formula is C12H26O2Si. The van der Waals surface area contributed by atoms with Crippen molar-refractivity contribution in [1.29, 1.82) is 0 Å². The highest BCUT2D eigenvalue weighted by Gasteiger charge is 2.35. The summed E-state index contributed by atoms with van der Waals surface area (Å²) >= 11 is 0. The molecule has 1 atom stereocenters. The summed E-state index contributed by atoms with van der Waals surface area (Å²) in [6.07, 6.45) is 6.90. The van der Waals surface area contributed by atoms with Gasteiger partial charge in [0.15, 0.2) is 0 Å². The number of hydrogen-bond donors (Lipinski definition) is 0. The van der Waals surface area contributed by atoms with E-state index in [1.54, 1.807) is 7.11 Å². The lowest BCUT2D eigenvalue weighted by Crippen LogP contribution is -2.42. The van der Waals surface area contributed by atoms with Crippen molar-refractivity contribution < 1.29 is 8.85 Å². The van der Waals surface area contributed by atoms with Crippen LogP contribution in [0.1, 0.15) is 46.0 Å². The first-order valence-corrected chi connectivity index (χ1v) is 8.67. The Morgan fingerprint density at radius 3 is 2.27 bits per heavy atom. The Hall–Kier alpha value is 0.137. The van der Waals surface area contributed by atoms with Gasteiger partial charge in [-0.2, -0.15) is 0 Å². The first kappa shape index (κ1) is 13.2. The van der Waals surface area contributed by atoms with Crippen LogP contribution in [0.2, 0.25) is 12.1 Å². The van der Waals surface area contributed by atoms with E-state index in [4.69, 9.17) is 8.85 Å². The molecule has 15 heavy (non-hydrogen) atoms. The molecule has 0 spiro atoms. The maximum absolute atomic E-state index is 6.10. The fourth-order valence-electron chi connectivity index (χ4n) is 2.10. The van der Waals surface area contributed by atoms with Crippen LogP contribution < -0.4 is 0 Å². The van der Waals surface area contributed by atoms with Gasteiger partial charge in [-0.05, 0) is 30.8 Å². The fourth-order valence-corrected chi connectivity index (χ4v) is 3.59. The van der Waals surface area contributed by atoms with E-state index in [9.17, 15) is 0 Å². The Balaban J connectivity index is 2.32. The Bertz CT molecular complexity index is 178. The molecule has 0 aromatic heterocycles. The van der Waals surface area contributed by atoms with Crippen molar-refractivity contribution in [2.24, 2.45) is 5.92 Å². The molecule has 1 aliphatic rings. The standard InChI is InChI=1S/C12H26O2Si/c1-11(2)15(4,13-3)14-10-12-8-6-5-7-9-12/h11-12H,5-10H2,1-4H3. The minimum Gasteiger partial charge on any atom is -0.398 e. The van der Waals surface area contributed by atoms with Crippen LogP contribution in [0.5, 0.6) is 0 Å². The molecule has 1 fully saturated rings. The third-order valence-corrected chi connectivity index (χ3v) is 7.43. The average Bonchev–Trinajstić information content (AvgIpc) is 2.27. The summed E-state index contributed by atoms with van der Waals surface area (Å²) in [6, 6.07) is 0. The second-order valence-corrected chi connectivity index (χ2v) is 9.07. The molecule has 1 aliphatic carbocycles. The first-order valence-electron chi connectivity index (χ1n) is 6.27. The predicted molar refractivity (Wildman–Crippen MR) is 66.3 cm³/mol. The lowest BCUT2D eigenvalue weighted by Gasteiger charge is -2.31. The van der Waals surface area contributed by atoms with E-state index in [1.807, 2.05) is 0 Å². The van der Waals surface area contributed by atoms with Crippen molar-refractivity contribution in [2.45, 2.75) is 58.0 Å². The Kier molecular flexibility index (Phi) is 5.30. The van der Waals surface area contributed by atoms with Gasteiger partial charge in [-0.3, -0.25) is 0 Å². The molecule has 1 unspecified atom stereocenters. The van der Waals surface area contributed by atoms with E-state index in [2.05, 4.69) is 20.4 Å². The molecule has 3 heteroatoms. The van der Waals surface area contributed by atoms with Crippen LogP contribution in [0, 0.1) is 5.92 Å². The smallest absolute Gasteiger partial charge is 0.337 e. The highest BCUT2D eigenvalue weighted by Crippen LogP contribution is 2.28. The van der Waals surface area contributed by atoms with Gasteiger partial charge >= 0.3 is 8.56 Å². The Morgan fingerprint density at radius 1 is 1.20 bits per heavy atom. The lowest BCUT2D eigenvalue weighted by molar-refractivity contribution is 0.146. The zero-order valence-corrected chi connectivity index (χ0v) is 11.7. The van der Waals surface area contributed by atoms with E-state index in [1.165, 1.54) is 32.1 Å². The van der Waals surface area contributed by atoms with Gasteiger partial charge < -0.3 is 8.85 Å². The SMILES string of the molecule is CO[Si](C)(OCC1CCCCC1)C(C)C. The molecule has 0 aromatic rings. The van der Waals surface area contributed by atoms with Crippen LogP contribution in [0.4, 0.5) is 0 Å². The van der Waals surface area contributed by atoms with Crippen LogP contribution in [-0.4, -0.2) is 22.3 Å². The third-order valence-electron chi connectivity index (χ3n) is 3.78. The quantitative estimate of drug-likeness (QED) is 0.670. The molecule has 2 nitrogen and oxygen atoms in total. The second kappa shape index (κ2) is 6.02. The summed E-state index contributed by atoms with van der Waals surface area (Å²) in [6.45, 7) is 7.52. The molecule has 1 rings (SSSR count). The molecule has 0 radical (unpaired) electrons. The molecule has 0 amide bonds. The van der Waals surface area contributed by atoms with Gasteiger partial charge in [0, 0.05) is 13.7 Å². The highest BCUT2D eigenvalue weighted by molar-refractivity contribution is 6.67. The van der Waals surface area contributed by atoms with Crippen molar-refractivity contribution in [1.82, 2.24) is 0 Å². The van der Waals surface area contributed by atoms with E-state index >= 15 is 0 Å². The van der Waals surface area contributed by atoms with Crippen molar-refractivity contribution >= 4 is 8.56 Å². The van der Waals surface area contributed by atoms with Crippen LogP contribution in [-0.2, 0) is 8.85 Å². The van der Waals surface area contributed by atoms with Gasteiger partial charge in [0.05, 0.1) is 0 Å². The molecule has 0 aromatic carbocycles. The van der Waals surface area contributed by atoms with Gasteiger partial charge in [0.25, 0.3) is 0 Å². The Morgan fingerprint density at radius 2 is 1.80 bits per heavy atom. The molecule has 1 saturated carbocycles. The van der Waals surface area contributed by atoms with Gasteiger partial charge in [-0.1, -0.05) is 33.1 Å². The topological polar surface area (TPSA) is 18.5 Å². The largest absolute Gasteiger partial charge is 0.398 e. The second-order valence-electron chi connectivity index (χ2n) is 5.19. The van der Waals surface area contributed by atoms with E-state index in [-0.39, 0.29) is 0 Å². The summed E-state index contributed by atoms with van der Waals surface area (Å²) in [7, 11) is -0.0860. The van der Waals surface area contributed by atoms with Crippen LogP contribution in [0.15, 0.2) is 0 Å². The lowest BCUT2D eigenvalue weighted by atomic mass is 9.90. The molecule has 90 valence electrons. The molecule has 0 N–H and O–H groups in total. The maximum Gasteiger partial charge on any atom is 0.337 e. The van der Waals surface area contributed by atoms with Crippen molar-refractivity contribution in [2.75, 3.05) is 13.7 Å². The van der Waals surface area contributed by atoms with E-state index in [0.717, 1.165) is 12.5 Å². The fraction of sp³-hybridized carbons (Fsp3) is 1.00. The minimum absolute atomic E-state index is 0.533. The summed E-state index contributed by atoms with van der Waals surface area (Å²) in [5, 5.41) is 0. The monoisotopic (exact) mass is 230 g/mol. The van der Waals surface area contributed by atoms with Crippen LogP contribution in [0.25, 0.3) is 0 Å². The van der Waals surface area contributed by atoms with Gasteiger partial charge in [-0.25, -0.2) is 0 Å². The average molecular weight is 230 g/mol. The highest BCUT2D eigenvalue weighted by atomic mass is 28.4. The number of hydrogen-bond acceptors (Lipinski definition) is 2. The van der Waals surface area contributed by atoms with Crippen LogP contribution in [0.3, 0.4) is 0 Å². The minimum atomic E-state index is -1.88. The summed E-state index contributed by atoms with van der Waals surface area (Å²) in [5.41, 5.74) is 0.533. The summed E-state index contributed by atoms with van der Waals surface area (Å²) < 4.78 is 11.7. The molecule has 0 heterocycles. The van der Waals surface area contributed by atoms with Gasteiger partial charge in [0.1, 0.15) is 0 Å². The first-order chi connectivity index (χ1) is 7.08.